The van der Waals surface area contributed by atoms with Crippen LogP contribution < -0.4 is 10.2 Å². The minimum Gasteiger partial charge on any atom is -0.375 e. The first-order valence-corrected chi connectivity index (χ1v) is 7.35. The van der Waals surface area contributed by atoms with Crippen LogP contribution in [0.3, 0.4) is 0 Å². The summed E-state index contributed by atoms with van der Waals surface area (Å²) in [4.78, 5) is 2.42. The fraction of sp³-hybridized carbons (Fsp3) is 0.571. The fourth-order valence-electron chi connectivity index (χ4n) is 2.28. The number of halogens is 1. The van der Waals surface area contributed by atoms with Gasteiger partial charge in [0.05, 0.1) is 12.7 Å². The Morgan fingerprint density at radius 2 is 2.33 bits per heavy atom. The predicted octanol–water partition coefficient (Wildman–Crippen LogP) is 2.78. The molecule has 1 aromatic carbocycles. The van der Waals surface area contributed by atoms with Crippen LogP contribution in [-0.4, -0.2) is 32.3 Å². The maximum atomic E-state index is 5.61. The third-order valence-corrected chi connectivity index (χ3v) is 3.69. The summed E-state index contributed by atoms with van der Waals surface area (Å²) in [5, 5.41) is 3.40. The van der Waals surface area contributed by atoms with Crippen molar-refractivity contribution in [3.63, 3.8) is 0 Å². The zero-order chi connectivity index (χ0) is 13.0. The quantitative estimate of drug-likeness (QED) is 0.925. The number of rotatable bonds is 4. The van der Waals surface area contributed by atoms with Crippen LogP contribution in [0.25, 0.3) is 0 Å². The molecule has 0 spiro atoms. The lowest BCUT2D eigenvalue weighted by atomic mass is 10.1. The van der Waals surface area contributed by atoms with Crippen LogP contribution in [0.4, 0.5) is 5.69 Å². The van der Waals surface area contributed by atoms with Crippen molar-refractivity contribution in [3.05, 3.63) is 28.2 Å². The first-order valence-electron chi connectivity index (χ1n) is 6.56. The van der Waals surface area contributed by atoms with Gasteiger partial charge in [-0.15, -0.1) is 0 Å². The summed E-state index contributed by atoms with van der Waals surface area (Å²) in [6.45, 7) is 8.94. The van der Waals surface area contributed by atoms with Crippen LogP contribution in [-0.2, 0) is 11.3 Å². The van der Waals surface area contributed by atoms with Crippen LogP contribution in [0.15, 0.2) is 22.7 Å². The van der Waals surface area contributed by atoms with Gasteiger partial charge in [0.15, 0.2) is 0 Å². The van der Waals surface area contributed by atoms with Crippen LogP contribution in [0.2, 0.25) is 0 Å². The SMILES string of the molecule is CCNCc1ccc(Br)cc1N1CCOC(C)C1. The van der Waals surface area contributed by atoms with Crippen LogP contribution in [0, 0.1) is 0 Å². The highest BCUT2D eigenvalue weighted by Gasteiger charge is 2.19. The minimum atomic E-state index is 0.310. The zero-order valence-electron chi connectivity index (χ0n) is 11.1. The molecule has 3 nitrogen and oxygen atoms in total. The number of nitrogens with one attached hydrogen (secondary N) is 1. The predicted molar refractivity (Wildman–Crippen MR) is 79.1 cm³/mol. The summed E-state index contributed by atoms with van der Waals surface area (Å²) in [7, 11) is 0. The van der Waals surface area contributed by atoms with E-state index in [-0.39, 0.29) is 0 Å². The zero-order valence-corrected chi connectivity index (χ0v) is 12.7. The molecule has 0 radical (unpaired) electrons. The number of anilines is 1. The van der Waals surface area contributed by atoms with Gasteiger partial charge in [0.25, 0.3) is 0 Å². The number of hydrogen-bond acceptors (Lipinski definition) is 3. The molecule has 1 aliphatic rings. The van der Waals surface area contributed by atoms with Crippen molar-refractivity contribution in [1.29, 1.82) is 0 Å². The van der Waals surface area contributed by atoms with Crippen molar-refractivity contribution in [2.45, 2.75) is 26.5 Å². The molecule has 0 amide bonds. The molecule has 1 fully saturated rings. The molecular formula is C14H21BrN2O. The number of ether oxygens (including phenoxy) is 1. The number of morpholine rings is 1. The molecule has 1 aliphatic heterocycles. The van der Waals surface area contributed by atoms with Crippen molar-refractivity contribution in [2.24, 2.45) is 0 Å². The fourth-order valence-corrected chi connectivity index (χ4v) is 2.63. The van der Waals surface area contributed by atoms with Gasteiger partial charge in [-0.25, -0.2) is 0 Å². The van der Waals surface area contributed by atoms with E-state index in [2.05, 4.69) is 58.2 Å². The molecule has 1 aromatic rings. The van der Waals surface area contributed by atoms with E-state index in [0.29, 0.717) is 6.10 Å². The van der Waals surface area contributed by atoms with E-state index in [9.17, 15) is 0 Å². The summed E-state index contributed by atoms with van der Waals surface area (Å²) in [6.07, 6.45) is 0.310. The Morgan fingerprint density at radius 1 is 1.50 bits per heavy atom. The van der Waals surface area contributed by atoms with Gasteiger partial charge in [-0.3, -0.25) is 0 Å². The van der Waals surface area contributed by atoms with Crippen LogP contribution in [0.5, 0.6) is 0 Å². The first kappa shape index (κ1) is 13.8. The normalized spacial score (nSPS) is 20.2. The number of benzene rings is 1. The van der Waals surface area contributed by atoms with Crippen LogP contribution >= 0.6 is 15.9 Å². The molecule has 1 unspecified atom stereocenters. The molecule has 1 N–H and O–H groups in total. The maximum Gasteiger partial charge on any atom is 0.0722 e. The van der Waals surface area contributed by atoms with Gasteiger partial charge >= 0.3 is 0 Å². The highest BCUT2D eigenvalue weighted by molar-refractivity contribution is 9.10. The molecule has 4 heteroatoms. The summed E-state index contributed by atoms with van der Waals surface area (Å²) < 4.78 is 6.75. The molecule has 0 aromatic heterocycles. The lowest BCUT2D eigenvalue weighted by Gasteiger charge is -2.34. The van der Waals surface area contributed by atoms with Gasteiger partial charge in [-0.05, 0) is 31.2 Å². The van der Waals surface area contributed by atoms with E-state index in [1.807, 2.05) is 0 Å². The molecule has 0 saturated carbocycles. The van der Waals surface area contributed by atoms with Crippen molar-refractivity contribution in [1.82, 2.24) is 5.32 Å². The molecule has 0 bridgehead atoms. The topological polar surface area (TPSA) is 24.5 Å². The summed E-state index contributed by atoms with van der Waals surface area (Å²) >= 11 is 3.57. The molecule has 1 saturated heterocycles. The minimum absolute atomic E-state index is 0.310. The van der Waals surface area contributed by atoms with E-state index in [1.54, 1.807) is 0 Å². The van der Waals surface area contributed by atoms with Gasteiger partial charge < -0.3 is 15.0 Å². The lowest BCUT2D eigenvalue weighted by molar-refractivity contribution is 0.0531. The Bertz CT molecular complexity index is 397. The molecular weight excluding hydrogens is 292 g/mol. The Labute approximate surface area is 118 Å². The Morgan fingerprint density at radius 3 is 3.06 bits per heavy atom. The van der Waals surface area contributed by atoms with E-state index >= 15 is 0 Å². The second kappa shape index (κ2) is 6.55. The molecule has 18 heavy (non-hydrogen) atoms. The Hall–Kier alpha value is -0.580. The molecule has 0 aliphatic carbocycles. The molecule has 100 valence electrons. The maximum absolute atomic E-state index is 5.61. The number of hydrogen-bond donors (Lipinski definition) is 1. The second-order valence-corrected chi connectivity index (χ2v) is 5.60. The van der Waals surface area contributed by atoms with E-state index in [0.717, 1.165) is 37.3 Å². The van der Waals surface area contributed by atoms with Gasteiger partial charge in [-0.2, -0.15) is 0 Å². The number of nitrogens with zero attached hydrogens (tertiary/aromatic N) is 1. The average molecular weight is 313 g/mol. The smallest absolute Gasteiger partial charge is 0.0722 e. The third-order valence-electron chi connectivity index (χ3n) is 3.19. The van der Waals surface area contributed by atoms with Crippen molar-refractivity contribution < 1.29 is 4.74 Å². The van der Waals surface area contributed by atoms with Crippen molar-refractivity contribution in [3.8, 4) is 0 Å². The van der Waals surface area contributed by atoms with Gasteiger partial charge in [0.2, 0.25) is 0 Å². The van der Waals surface area contributed by atoms with E-state index < -0.39 is 0 Å². The van der Waals surface area contributed by atoms with Crippen molar-refractivity contribution >= 4 is 21.6 Å². The summed E-state index contributed by atoms with van der Waals surface area (Å²) in [5.74, 6) is 0. The standard InChI is InChI=1S/C14H21BrN2O/c1-3-16-9-12-4-5-13(15)8-14(12)17-6-7-18-11(2)10-17/h4-5,8,11,16H,3,6-7,9-10H2,1-2H3. The van der Waals surface area contributed by atoms with Crippen LogP contribution in [0.1, 0.15) is 19.4 Å². The highest BCUT2D eigenvalue weighted by atomic mass is 79.9. The average Bonchev–Trinajstić information content (AvgIpc) is 2.37. The molecule has 1 atom stereocenters. The lowest BCUT2D eigenvalue weighted by Crippen LogP contribution is -2.41. The third kappa shape index (κ3) is 3.46. The first-order chi connectivity index (χ1) is 8.70. The Balaban J connectivity index is 2.20. The monoisotopic (exact) mass is 312 g/mol. The van der Waals surface area contributed by atoms with E-state index in [1.165, 1.54) is 11.3 Å². The van der Waals surface area contributed by atoms with E-state index in [4.69, 9.17) is 4.74 Å². The van der Waals surface area contributed by atoms with Gasteiger partial charge in [0, 0.05) is 29.8 Å². The second-order valence-electron chi connectivity index (χ2n) is 4.68. The molecule has 1 heterocycles. The highest BCUT2D eigenvalue weighted by Crippen LogP contribution is 2.26. The molecule has 2 rings (SSSR count). The Kier molecular flexibility index (Phi) is 5.03. The van der Waals surface area contributed by atoms with Crippen molar-refractivity contribution in [2.75, 3.05) is 31.1 Å². The largest absolute Gasteiger partial charge is 0.375 e. The summed E-state index contributed by atoms with van der Waals surface area (Å²) in [5.41, 5.74) is 2.68. The van der Waals surface area contributed by atoms with Gasteiger partial charge in [0.1, 0.15) is 0 Å². The van der Waals surface area contributed by atoms with Gasteiger partial charge in [-0.1, -0.05) is 28.9 Å². The summed E-state index contributed by atoms with van der Waals surface area (Å²) in [6, 6.07) is 6.52.